The first-order valence-electron chi connectivity index (χ1n) is 11.1. The molecule has 0 saturated carbocycles. The molecular weight excluding hydrogens is 464 g/mol. The van der Waals surface area contributed by atoms with Gasteiger partial charge in [0.05, 0.1) is 18.1 Å². The molecule has 4 rings (SSSR count). The summed E-state index contributed by atoms with van der Waals surface area (Å²) in [6.07, 6.45) is 2.71. The second-order valence-corrected chi connectivity index (χ2v) is 10.9. The highest BCUT2D eigenvalue weighted by atomic mass is 32.2. The fraction of sp³-hybridized carbons (Fsp3) is 0.500. The van der Waals surface area contributed by atoms with Gasteiger partial charge < -0.3 is 14.5 Å². The molecule has 0 radical (unpaired) electrons. The fourth-order valence-electron chi connectivity index (χ4n) is 3.95. The summed E-state index contributed by atoms with van der Waals surface area (Å²) in [7, 11) is -3.56. The Hall–Kier alpha value is -2.34. The van der Waals surface area contributed by atoms with Gasteiger partial charge in [-0.2, -0.15) is 4.31 Å². The highest BCUT2D eigenvalue weighted by molar-refractivity contribution is 7.89. The van der Waals surface area contributed by atoms with Crippen molar-refractivity contribution in [1.29, 1.82) is 0 Å². The molecule has 2 aromatic rings. The zero-order valence-corrected chi connectivity index (χ0v) is 20.0. The number of hydrogen-bond acceptors (Lipinski definition) is 8. The number of aromatic nitrogens is 1. The summed E-state index contributed by atoms with van der Waals surface area (Å²) in [6.45, 7) is 3.91. The summed E-state index contributed by atoms with van der Waals surface area (Å²) < 4.78 is 32.1. The largest absolute Gasteiger partial charge is 0.379 e. The van der Waals surface area contributed by atoms with E-state index in [9.17, 15) is 18.0 Å². The van der Waals surface area contributed by atoms with E-state index in [1.807, 2.05) is 22.4 Å². The average molecular weight is 493 g/mol. The first-order chi connectivity index (χ1) is 15.9. The molecule has 0 N–H and O–H groups in total. The molecule has 11 heteroatoms. The minimum absolute atomic E-state index is 0.0635. The van der Waals surface area contributed by atoms with Crippen LogP contribution in [0, 0.1) is 0 Å². The van der Waals surface area contributed by atoms with E-state index in [4.69, 9.17) is 4.74 Å². The number of carbonyl (C=O) groups excluding carboxylic acids is 2. The minimum Gasteiger partial charge on any atom is -0.379 e. The zero-order valence-electron chi connectivity index (χ0n) is 18.4. The minimum atomic E-state index is -3.56. The Morgan fingerprint density at radius 1 is 1.00 bits per heavy atom. The van der Waals surface area contributed by atoms with Gasteiger partial charge in [-0.3, -0.25) is 9.59 Å². The van der Waals surface area contributed by atoms with E-state index < -0.39 is 10.0 Å². The van der Waals surface area contributed by atoms with Crippen molar-refractivity contribution in [2.24, 2.45) is 0 Å². The molecule has 178 valence electrons. The van der Waals surface area contributed by atoms with Gasteiger partial charge in [-0.1, -0.05) is 6.07 Å². The predicted molar refractivity (Wildman–Crippen MR) is 125 cm³/mol. The average Bonchev–Trinajstić information content (AvgIpc) is 3.40. The van der Waals surface area contributed by atoms with E-state index in [0.717, 1.165) is 4.88 Å². The van der Waals surface area contributed by atoms with Crippen molar-refractivity contribution in [3.8, 4) is 0 Å². The number of amides is 1. The molecule has 0 bridgehead atoms. The maximum atomic E-state index is 12.7. The number of carbonyl (C=O) groups is 2. The lowest BCUT2D eigenvalue weighted by atomic mass is 10.1. The molecular formula is C22H28N4O5S2. The Morgan fingerprint density at radius 2 is 1.76 bits per heavy atom. The summed E-state index contributed by atoms with van der Waals surface area (Å²) in [4.78, 5) is 33.8. The van der Waals surface area contributed by atoms with Crippen molar-refractivity contribution >= 4 is 38.9 Å². The molecule has 0 aliphatic carbocycles. The third-order valence-corrected chi connectivity index (χ3v) is 8.67. The first-order valence-corrected chi connectivity index (χ1v) is 13.4. The molecule has 2 fully saturated rings. The Labute approximate surface area is 198 Å². The molecule has 9 nitrogen and oxygen atoms in total. The summed E-state index contributed by atoms with van der Waals surface area (Å²) in [5.74, 6) is 0.853. The summed E-state index contributed by atoms with van der Waals surface area (Å²) in [5, 5.41) is 1.88. The SMILES string of the molecule is O=C(CCCC(=O)N1CCN(c2ccc(S(=O)(=O)N3CCOCC3)cn2)CC1)c1cccs1. The van der Waals surface area contributed by atoms with Gasteiger partial charge in [0.15, 0.2) is 5.78 Å². The topological polar surface area (TPSA) is 100 Å². The van der Waals surface area contributed by atoms with Crippen molar-refractivity contribution in [3.63, 3.8) is 0 Å². The van der Waals surface area contributed by atoms with Crippen molar-refractivity contribution in [3.05, 3.63) is 40.7 Å². The lowest BCUT2D eigenvalue weighted by molar-refractivity contribution is -0.131. The Morgan fingerprint density at radius 3 is 2.39 bits per heavy atom. The van der Waals surface area contributed by atoms with E-state index >= 15 is 0 Å². The Bertz CT molecular complexity index is 1040. The standard InChI is InChI=1S/C22H28N4O5S2/c27-19(20-4-2-16-32-20)3-1-5-22(28)25-10-8-24(9-11-25)21-7-6-18(17-23-21)33(29,30)26-12-14-31-15-13-26/h2,4,6-7,16-17H,1,3,5,8-15H2. The summed E-state index contributed by atoms with van der Waals surface area (Å²) in [6, 6.07) is 6.98. The van der Waals surface area contributed by atoms with Gasteiger partial charge >= 0.3 is 0 Å². The third-order valence-electron chi connectivity index (χ3n) is 5.88. The maximum Gasteiger partial charge on any atom is 0.244 e. The van der Waals surface area contributed by atoms with E-state index in [-0.39, 0.29) is 16.6 Å². The molecule has 2 aliphatic heterocycles. The van der Waals surface area contributed by atoms with Crippen LogP contribution in [0.5, 0.6) is 0 Å². The Balaban J connectivity index is 1.24. The zero-order chi connectivity index (χ0) is 23.3. The van der Waals surface area contributed by atoms with Gasteiger partial charge in [-0.15, -0.1) is 11.3 Å². The number of morpholine rings is 1. The lowest BCUT2D eigenvalue weighted by Crippen LogP contribution is -2.49. The number of piperazine rings is 1. The summed E-state index contributed by atoms with van der Waals surface area (Å²) >= 11 is 1.43. The highest BCUT2D eigenvalue weighted by Crippen LogP contribution is 2.20. The van der Waals surface area contributed by atoms with Gasteiger partial charge in [-0.05, 0) is 30.0 Å². The molecule has 0 aromatic carbocycles. The monoisotopic (exact) mass is 492 g/mol. The van der Waals surface area contributed by atoms with Crippen LogP contribution in [0.3, 0.4) is 0 Å². The van der Waals surface area contributed by atoms with Gasteiger partial charge in [0.1, 0.15) is 10.7 Å². The van der Waals surface area contributed by atoms with Gasteiger partial charge in [0, 0.05) is 58.3 Å². The molecule has 0 unspecified atom stereocenters. The number of nitrogens with zero attached hydrogens (tertiary/aromatic N) is 4. The molecule has 33 heavy (non-hydrogen) atoms. The van der Waals surface area contributed by atoms with Crippen LogP contribution in [-0.2, 0) is 19.6 Å². The molecule has 1 amide bonds. The van der Waals surface area contributed by atoms with Crippen LogP contribution in [0.1, 0.15) is 28.9 Å². The lowest BCUT2D eigenvalue weighted by Gasteiger charge is -2.35. The molecule has 4 heterocycles. The van der Waals surface area contributed by atoms with Crippen molar-refractivity contribution < 1.29 is 22.7 Å². The number of rotatable bonds is 8. The van der Waals surface area contributed by atoms with Crippen LogP contribution >= 0.6 is 11.3 Å². The van der Waals surface area contributed by atoms with Crippen LogP contribution in [0.15, 0.2) is 40.7 Å². The Kier molecular flexibility index (Phi) is 7.74. The second-order valence-electron chi connectivity index (χ2n) is 7.99. The maximum absolute atomic E-state index is 12.7. The third kappa shape index (κ3) is 5.78. The number of ether oxygens (including phenoxy) is 1. The number of sulfonamides is 1. The van der Waals surface area contributed by atoms with Crippen LogP contribution in [-0.4, -0.2) is 86.8 Å². The first kappa shape index (κ1) is 23.8. The smallest absolute Gasteiger partial charge is 0.244 e. The van der Waals surface area contributed by atoms with Crippen molar-refractivity contribution in [1.82, 2.24) is 14.2 Å². The molecule has 2 saturated heterocycles. The van der Waals surface area contributed by atoms with Gasteiger partial charge in [0.25, 0.3) is 0 Å². The van der Waals surface area contributed by atoms with Crippen LogP contribution in [0.25, 0.3) is 0 Å². The van der Waals surface area contributed by atoms with E-state index in [1.54, 1.807) is 12.1 Å². The number of Topliss-reactive ketones (excluding diaryl/α,β-unsaturated/α-hetero) is 1. The number of hydrogen-bond donors (Lipinski definition) is 0. The van der Waals surface area contributed by atoms with Gasteiger partial charge in [-0.25, -0.2) is 13.4 Å². The molecule has 0 spiro atoms. The number of pyridine rings is 1. The van der Waals surface area contributed by atoms with Gasteiger partial charge in [0.2, 0.25) is 15.9 Å². The van der Waals surface area contributed by atoms with Crippen LogP contribution in [0.2, 0.25) is 0 Å². The number of anilines is 1. The van der Waals surface area contributed by atoms with E-state index in [1.165, 1.54) is 21.8 Å². The van der Waals surface area contributed by atoms with Crippen molar-refractivity contribution in [2.75, 3.05) is 57.4 Å². The predicted octanol–water partition coefficient (Wildman–Crippen LogP) is 1.87. The normalized spacial score (nSPS) is 17.8. The highest BCUT2D eigenvalue weighted by Gasteiger charge is 2.27. The van der Waals surface area contributed by atoms with Crippen molar-refractivity contribution in [2.45, 2.75) is 24.2 Å². The van der Waals surface area contributed by atoms with Crippen LogP contribution in [0.4, 0.5) is 5.82 Å². The number of thiophene rings is 1. The molecule has 2 aliphatic rings. The quantitative estimate of drug-likeness (QED) is 0.519. The second kappa shape index (κ2) is 10.7. The number of ketones is 1. The fourth-order valence-corrected chi connectivity index (χ4v) is 6.00. The van der Waals surface area contributed by atoms with E-state index in [2.05, 4.69) is 9.88 Å². The molecule has 0 atom stereocenters. The summed E-state index contributed by atoms with van der Waals surface area (Å²) in [5.41, 5.74) is 0. The van der Waals surface area contributed by atoms with E-state index in [0.29, 0.717) is 77.6 Å². The molecule has 2 aromatic heterocycles. The van der Waals surface area contributed by atoms with Crippen LogP contribution < -0.4 is 4.90 Å².